The molecular formula is C30H39NO5. The molecule has 2 saturated heterocycles. The quantitative estimate of drug-likeness (QED) is 0.378. The van der Waals surface area contributed by atoms with Crippen LogP contribution in [-0.2, 0) is 25.5 Å². The van der Waals surface area contributed by atoms with E-state index in [9.17, 15) is 14.7 Å². The average Bonchev–Trinajstić information content (AvgIpc) is 3.42. The lowest BCUT2D eigenvalue weighted by molar-refractivity contribution is -0.162. The summed E-state index contributed by atoms with van der Waals surface area (Å²) in [5.41, 5.74) is -1.31. The SMILES string of the molecule is CC(=O)O[C@@H]1C=C[C@@](C)(O)C[C@@H](C)CC=C[C@H]2[C@H]3O[C@@]3(C)[C@@H](C)[C@H]3[C@H](Cc4ccccc4)NC(=O)[C@@]312. The van der Waals surface area contributed by atoms with E-state index in [0.717, 1.165) is 12.0 Å². The summed E-state index contributed by atoms with van der Waals surface area (Å²) in [4.78, 5) is 26.7. The molecule has 2 aliphatic heterocycles. The normalized spacial score (nSPS) is 45.5. The number of carbonyl (C=O) groups excluding carboxylic acids is 2. The number of hydrogen-bond acceptors (Lipinski definition) is 5. The van der Waals surface area contributed by atoms with Gasteiger partial charge in [0.05, 0.1) is 17.3 Å². The van der Waals surface area contributed by atoms with Crippen LogP contribution in [0.3, 0.4) is 0 Å². The first-order valence-electron chi connectivity index (χ1n) is 13.3. The van der Waals surface area contributed by atoms with Gasteiger partial charge in [-0.3, -0.25) is 9.59 Å². The lowest BCUT2D eigenvalue weighted by atomic mass is 9.51. The topological polar surface area (TPSA) is 88.2 Å². The third-order valence-corrected chi connectivity index (χ3v) is 9.24. The van der Waals surface area contributed by atoms with Crippen molar-refractivity contribution in [2.75, 3.05) is 0 Å². The average molecular weight is 494 g/mol. The lowest BCUT2D eigenvalue weighted by Crippen LogP contribution is -2.60. The van der Waals surface area contributed by atoms with E-state index in [1.807, 2.05) is 18.2 Å². The molecule has 36 heavy (non-hydrogen) atoms. The molecule has 6 nitrogen and oxygen atoms in total. The molecule has 1 aromatic rings. The summed E-state index contributed by atoms with van der Waals surface area (Å²) in [6.07, 6.45) is 8.86. The van der Waals surface area contributed by atoms with Crippen LogP contribution in [0.25, 0.3) is 0 Å². The third kappa shape index (κ3) is 4.03. The Balaban J connectivity index is 1.68. The Morgan fingerprint density at radius 1 is 1.19 bits per heavy atom. The molecule has 0 aromatic heterocycles. The van der Waals surface area contributed by atoms with Crippen LogP contribution in [0.2, 0.25) is 0 Å². The minimum absolute atomic E-state index is 0.0517. The predicted molar refractivity (Wildman–Crippen MR) is 137 cm³/mol. The van der Waals surface area contributed by atoms with Gasteiger partial charge < -0.3 is 19.9 Å². The monoisotopic (exact) mass is 493 g/mol. The first kappa shape index (κ1) is 25.2. The van der Waals surface area contributed by atoms with Gasteiger partial charge in [-0.2, -0.15) is 0 Å². The smallest absolute Gasteiger partial charge is 0.303 e. The molecular weight excluding hydrogens is 454 g/mol. The number of aliphatic hydroxyl groups is 1. The number of ether oxygens (including phenoxy) is 2. The second-order valence-corrected chi connectivity index (χ2v) is 12.0. The van der Waals surface area contributed by atoms with Gasteiger partial charge in [0.25, 0.3) is 0 Å². The van der Waals surface area contributed by atoms with E-state index in [1.54, 1.807) is 19.1 Å². The molecule has 1 aromatic carbocycles. The van der Waals surface area contributed by atoms with Crippen molar-refractivity contribution in [2.24, 2.45) is 29.1 Å². The van der Waals surface area contributed by atoms with Crippen molar-refractivity contribution in [1.29, 1.82) is 0 Å². The highest BCUT2D eigenvalue weighted by atomic mass is 16.6. The minimum atomic E-state index is -1.08. The van der Waals surface area contributed by atoms with E-state index in [-0.39, 0.29) is 47.3 Å². The van der Waals surface area contributed by atoms with Crippen molar-refractivity contribution in [3.63, 3.8) is 0 Å². The summed E-state index contributed by atoms with van der Waals surface area (Å²) < 4.78 is 12.4. The minimum Gasteiger partial charge on any atom is -0.457 e. The second kappa shape index (κ2) is 8.84. The van der Waals surface area contributed by atoms with E-state index < -0.39 is 23.1 Å². The molecule has 2 N–H and O–H groups in total. The fourth-order valence-corrected chi connectivity index (χ4v) is 7.54. The maximum absolute atomic E-state index is 14.3. The van der Waals surface area contributed by atoms with E-state index in [0.29, 0.717) is 12.8 Å². The molecule has 0 radical (unpaired) electrons. The molecule has 1 saturated carbocycles. The predicted octanol–water partition coefficient (Wildman–Crippen LogP) is 3.98. The molecule has 1 amide bonds. The Morgan fingerprint density at radius 3 is 2.61 bits per heavy atom. The van der Waals surface area contributed by atoms with Crippen LogP contribution in [-0.4, -0.2) is 46.4 Å². The van der Waals surface area contributed by atoms with E-state index >= 15 is 0 Å². The maximum Gasteiger partial charge on any atom is 0.303 e. The van der Waals surface area contributed by atoms with Gasteiger partial charge in [0, 0.05) is 24.8 Å². The van der Waals surface area contributed by atoms with Crippen LogP contribution >= 0.6 is 0 Å². The summed E-state index contributed by atoms with van der Waals surface area (Å²) in [6.45, 7) is 9.59. The number of rotatable bonds is 3. The molecule has 2 heterocycles. The summed E-state index contributed by atoms with van der Waals surface area (Å²) in [7, 11) is 0. The van der Waals surface area contributed by atoms with Crippen LogP contribution < -0.4 is 5.32 Å². The van der Waals surface area contributed by atoms with Crippen LogP contribution in [0.5, 0.6) is 0 Å². The number of epoxide rings is 1. The molecule has 6 heteroatoms. The molecule has 5 rings (SSSR count). The second-order valence-electron chi connectivity index (χ2n) is 12.0. The van der Waals surface area contributed by atoms with Gasteiger partial charge in [-0.1, -0.05) is 62.4 Å². The fourth-order valence-electron chi connectivity index (χ4n) is 7.54. The van der Waals surface area contributed by atoms with Crippen LogP contribution in [0.4, 0.5) is 0 Å². The Hall–Kier alpha value is -2.44. The van der Waals surface area contributed by atoms with Crippen molar-refractivity contribution >= 4 is 11.9 Å². The third-order valence-electron chi connectivity index (χ3n) is 9.24. The zero-order valence-electron chi connectivity index (χ0n) is 21.9. The lowest BCUT2D eigenvalue weighted by Gasteiger charge is -2.49. The van der Waals surface area contributed by atoms with Crippen molar-refractivity contribution < 1.29 is 24.2 Å². The number of amides is 1. The summed E-state index contributed by atoms with van der Waals surface area (Å²) in [6, 6.07) is 10.0. The van der Waals surface area contributed by atoms with Crippen LogP contribution in [0.1, 0.15) is 53.0 Å². The van der Waals surface area contributed by atoms with Crippen molar-refractivity contribution in [3.05, 3.63) is 60.2 Å². The number of esters is 1. The van der Waals surface area contributed by atoms with Gasteiger partial charge in [-0.05, 0) is 56.6 Å². The molecule has 2 aliphatic carbocycles. The van der Waals surface area contributed by atoms with Gasteiger partial charge in [-0.15, -0.1) is 0 Å². The van der Waals surface area contributed by atoms with Crippen molar-refractivity contribution in [1.82, 2.24) is 5.32 Å². The van der Waals surface area contributed by atoms with Gasteiger partial charge >= 0.3 is 5.97 Å². The molecule has 1 spiro atoms. The van der Waals surface area contributed by atoms with Crippen molar-refractivity contribution in [2.45, 2.75) is 83.3 Å². The van der Waals surface area contributed by atoms with Crippen molar-refractivity contribution in [3.8, 4) is 0 Å². The molecule has 0 bridgehead atoms. The number of fused-ring (bicyclic) bond motifs is 2. The number of nitrogens with one attached hydrogen (secondary N) is 1. The van der Waals surface area contributed by atoms with E-state index in [2.05, 4.69) is 50.4 Å². The molecule has 4 aliphatic rings. The fraction of sp³-hybridized carbons (Fsp3) is 0.600. The molecule has 0 unspecified atom stereocenters. The number of allylic oxidation sites excluding steroid dienone is 1. The Kier molecular flexibility index (Phi) is 6.19. The highest BCUT2D eigenvalue weighted by Gasteiger charge is 2.78. The number of carbonyl (C=O) groups is 2. The summed E-state index contributed by atoms with van der Waals surface area (Å²) in [5, 5.41) is 14.5. The first-order chi connectivity index (χ1) is 17.0. The number of hydrogen-bond donors (Lipinski definition) is 2. The zero-order valence-corrected chi connectivity index (χ0v) is 21.9. The maximum atomic E-state index is 14.3. The molecule has 194 valence electrons. The summed E-state index contributed by atoms with van der Waals surface area (Å²) >= 11 is 0. The Bertz CT molecular complexity index is 1080. The van der Waals surface area contributed by atoms with Crippen LogP contribution in [0.15, 0.2) is 54.6 Å². The van der Waals surface area contributed by atoms with Gasteiger partial charge in [0.2, 0.25) is 5.91 Å². The standard InChI is InChI=1S/C30H39NO5/c1-18-10-9-13-22-26-29(5,36-26)19(2)25-23(16-21-11-7-6-8-12-21)31-27(33)30(22,25)24(35-20(3)32)14-15-28(4,34)17-18/h6-9,11-15,18-19,22-26,34H,10,16-17H2,1-5H3,(H,31,33)/t18-,19-,22-,23-,24+,25-,26+,28+,29-,30+/m0/s1. The highest BCUT2D eigenvalue weighted by Crippen LogP contribution is 2.67. The number of benzene rings is 1. The Morgan fingerprint density at radius 2 is 1.92 bits per heavy atom. The van der Waals surface area contributed by atoms with Gasteiger partial charge in [-0.25, -0.2) is 0 Å². The van der Waals surface area contributed by atoms with E-state index in [1.165, 1.54) is 6.92 Å². The zero-order chi connectivity index (χ0) is 25.9. The summed E-state index contributed by atoms with van der Waals surface area (Å²) in [5.74, 6) is -0.642. The molecule has 10 atom stereocenters. The van der Waals surface area contributed by atoms with Gasteiger partial charge in [0.15, 0.2) is 0 Å². The first-order valence-corrected chi connectivity index (χ1v) is 13.3. The molecule has 3 fully saturated rings. The highest BCUT2D eigenvalue weighted by molar-refractivity contribution is 5.89. The largest absolute Gasteiger partial charge is 0.457 e. The van der Waals surface area contributed by atoms with E-state index in [4.69, 9.17) is 9.47 Å². The van der Waals surface area contributed by atoms with Crippen LogP contribution in [0, 0.1) is 29.1 Å². The van der Waals surface area contributed by atoms with Gasteiger partial charge in [0.1, 0.15) is 11.5 Å². The Labute approximate surface area is 214 Å².